The number of hydrogen-bond acceptors (Lipinski definition) is 2. The number of rotatable bonds is 2. The van der Waals surface area contributed by atoms with Crippen molar-refractivity contribution in [3.8, 4) is 5.69 Å². The smallest absolute Gasteiger partial charge is 0.0906 e. The van der Waals surface area contributed by atoms with Crippen molar-refractivity contribution >= 4 is 15.9 Å². The lowest BCUT2D eigenvalue weighted by Crippen LogP contribution is -2.00. The summed E-state index contributed by atoms with van der Waals surface area (Å²) in [6.45, 7) is 2.51. The number of nitrogens with zero attached hydrogens (tertiary/aromatic N) is 2. The minimum atomic E-state index is 0.444. The molecule has 15 heavy (non-hydrogen) atoms. The van der Waals surface area contributed by atoms with Crippen molar-refractivity contribution in [2.45, 2.75) is 13.5 Å². The summed E-state index contributed by atoms with van der Waals surface area (Å²) in [5, 5.41) is 4.37. The van der Waals surface area contributed by atoms with Gasteiger partial charge in [-0.25, -0.2) is 4.68 Å². The third-order valence-corrected chi connectivity index (χ3v) is 2.89. The Morgan fingerprint density at radius 3 is 2.53 bits per heavy atom. The van der Waals surface area contributed by atoms with Crippen LogP contribution in [0.3, 0.4) is 0 Å². The van der Waals surface area contributed by atoms with E-state index < -0.39 is 0 Å². The molecule has 4 heteroatoms. The minimum Gasteiger partial charge on any atom is -0.325 e. The van der Waals surface area contributed by atoms with Gasteiger partial charge in [-0.05, 0) is 35.0 Å². The average Bonchev–Trinajstić information content (AvgIpc) is 2.61. The summed E-state index contributed by atoms with van der Waals surface area (Å²) in [5.41, 5.74) is 8.71. The van der Waals surface area contributed by atoms with Gasteiger partial charge in [0.15, 0.2) is 0 Å². The van der Waals surface area contributed by atoms with Gasteiger partial charge in [-0.2, -0.15) is 5.10 Å². The van der Waals surface area contributed by atoms with E-state index in [1.54, 1.807) is 0 Å². The summed E-state index contributed by atoms with van der Waals surface area (Å²) in [6.07, 6.45) is 1.92. The van der Waals surface area contributed by atoms with E-state index in [1.807, 2.05) is 23.0 Å². The fourth-order valence-electron chi connectivity index (χ4n) is 1.36. The zero-order valence-corrected chi connectivity index (χ0v) is 10.0. The summed E-state index contributed by atoms with van der Waals surface area (Å²) in [7, 11) is 0. The van der Waals surface area contributed by atoms with E-state index in [4.69, 9.17) is 5.73 Å². The number of aromatic nitrogens is 2. The molecule has 78 valence electrons. The van der Waals surface area contributed by atoms with Gasteiger partial charge in [-0.3, -0.25) is 0 Å². The van der Waals surface area contributed by atoms with Crippen LogP contribution < -0.4 is 5.73 Å². The van der Waals surface area contributed by atoms with Gasteiger partial charge in [-0.15, -0.1) is 0 Å². The molecular weight excluding hydrogens is 254 g/mol. The Labute approximate surface area is 97.0 Å². The first-order valence-corrected chi connectivity index (χ1v) is 5.51. The van der Waals surface area contributed by atoms with Crippen molar-refractivity contribution in [2.24, 2.45) is 5.73 Å². The van der Waals surface area contributed by atoms with E-state index in [-0.39, 0.29) is 0 Å². The van der Waals surface area contributed by atoms with Gasteiger partial charge in [0, 0.05) is 12.7 Å². The zero-order valence-electron chi connectivity index (χ0n) is 8.44. The second-order valence-electron chi connectivity index (χ2n) is 3.41. The monoisotopic (exact) mass is 265 g/mol. The number of halogens is 1. The van der Waals surface area contributed by atoms with Crippen molar-refractivity contribution in [3.05, 3.63) is 46.2 Å². The average molecular weight is 266 g/mol. The highest BCUT2D eigenvalue weighted by Crippen LogP contribution is 2.17. The second-order valence-corrected chi connectivity index (χ2v) is 4.26. The first-order chi connectivity index (χ1) is 7.20. The molecule has 1 aromatic carbocycles. The number of benzene rings is 1. The highest BCUT2D eigenvalue weighted by atomic mass is 79.9. The summed E-state index contributed by atoms with van der Waals surface area (Å²) < 4.78 is 2.77. The molecule has 3 nitrogen and oxygen atoms in total. The van der Waals surface area contributed by atoms with Crippen LogP contribution in [0, 0.1) is 6.92 Å². The Morgan fingerprint density at radius 2 is 2.00 bits per heavy atom. The highest BCUT2D eigenvalue weighted by molar-refractivity contribution is 9.10. The molecular formula is C11H12BrN3. The SMILES string of the molecule is Cc1ccc(-n2cc(Br)c(CN)n2)cc1. The van der Waals surface area contributed by atoms with Crippen molar-refractivity contribution in [1.82, 2.24) is 9.78 Å². The lowest BCUT2D eigenvalue weighted by atomic mass is 10.2. The first-order valence-electron chi connectivity index (χ1n) is 4.72. The van der Waals surface area contributed by atoms with E-state index in [9.17, 15) is 0 Å². The number of aryl methyl sites for hydroxylation is 1. The predicted molar refractivity (Wildman–Crippen MR) is 63.9 cm³/mol. The topological polar surface area (TPSA) is 43.8 Å². The lowest BCUT2D eigenvalue weighted by molar-refractivity contribution is 0.833. The number of hydrogen-bond donors (Lipinski definition) is 1. The largest absolute Gasteiger partial charge is 0.325 e. The molecule has 0 saturated carbocycles. The molecule has 2 rings (SSSR count). The fraction of sp³-hybridized carbons (Fsp3) is 0.182. The van der Waals surface area contributed by atoms with Crippen LogP contribution >= 0.6 is 15.9 Å². The van der Waals surface area contributed by atoms with Gasteiger partial charge in [0.2, 0.25) is 0 Å². The molecule has 0 bridgehead atoms. The molecule has 0 atom stereocenters. The van der Waals surface area contributed by atoms with Gasteiger partial charge in [0.05, 0.1) is 15.9 Å². The van der Waals surface area contributed by atoms with E-state index in [2.05, 4.69) is 40.1 Å². The van der Waals surface area contributed by atoms with Crippen LogP contribution in [0.15, 0.2) is 34.9 Å². The minimum absolute atomic E-state index is 0.444. The molecule has 0 aliphatic heterocycles. The van der Waals surface area contributed by atoms with Crippen LogP contribution in [0.5, 0.6) is 0 Å². The Balaban J connectivity index is 2.41. The van der Waals surface area contributed by atoms with Gasteiger partial charge < -0.3 is 5.73 Å². The standard InChI is InChI=1S/C11H12BrN3/c1-8-2-4-9(5-3-8)15-7-10(12)11(6-13)14-15/h2-5,7H,6,13H2,1H3. The summed E-state index contributed by atoms with van der Waals surface area (Å²) >= 11 is 3.43. The van der Waals surface area contributed by atoms with E-state index in [0.29, 0.717) is 6.54 Å². The van der Waals surface area contributed by atoms with Crippen LogP contribution in [0.25, 0.3) is 5.69 Å². The molecule has 0 spiro atoms. The van der Waals surface area contributed by atoms with Crippen LogP contribution in [-0.4, -0.2) is 9.78 Å². The zero-order chi connectivity index (χ0) is 10.8. The van der Waals surface area contributed by atoms with Gasteiger partial charge in [0.25, 0.3) is 0 Å². The Kier molecular flexibility index (Phi) is 2.88. The molecule has 1 heterocycles. The molecule has 0 fully saturated rings. The Hall–Kier alpha value is -1.13. The van der Waals surface area contributed by atoms with Crippen molar-refractivity contribution in [2.75, 3.05) is 0 Å². The second kappa shape index (κ2) is 4.16. The van der Waals surface area contributed by atoms with Crippen LogP contribution in [0.2, 0.25) is 0 Å². The summed E-state index contributed by atoms with van der Waals surface area (Å²) in [5.74, 6) is 0. The highest BCUT2D eigenvalue weighted by Gasteiger charge is 2.05. The third-order valence-electron chi connectivity index (χ3n) is 2.23. The normalized spacial score (nSPS) is 10.6. The third kappa shape index (κ3) is 2.11. The Morgan fingerprint density at radius 1 is 1.33 bits per heavy atom. The van der Waals surface area contributed by atoms with Crippen LogP contribution in [0.4, 0.5) is 0 Å². The predicted octanol–water partition coefficient (Wildman–Crippen LogP) is 2.40. The molecule has 1 aromatic heterocycles. The van der Waals surface area contributed by atoms with Gasteiger partial charge in [-0.1, -0.05) is 17.7 Å². The summed E-state index contributed by atoms with van der Waals surface area (Å²) in [4.78, 5) is 0. The molecule has 2 N–H and O–H groups in total. The first kappa shape index (κ1) is 10.4. The van der Waals surface area contributed by atoms with Crippen molar-refractivity contribution < 1.29 is 0 Å². The molecule has 0 amide bonds. The van der Waals surface area contributed by atoms with E-state index in [0.717, 1.165) is 15.9 Å². The quantitative estimate of drug-likeness (QED) is 0.907. The Bertz CT molecular complexity index is 459. The maximum atomic E-state index is 5.56. The fourth-order valence-corrected chi connectivity index (χ4v) is 1.79. The van der Waals surface area contributed by atoms with Crippen LogP contribution in [-0.2, 0) is 6.54 Å². The maximum Gasteiger partial charge on any atom is 0.0906 e. The molecule has 2 aromatic rings. The van der Waals surface area contributed by atoms with Crippen LogP contribution in [0.1, 0.15) is 11.3 Å². The maximum absolute atomic E-state index is 5.56. The molecule has 0 unspecified atom stereocenters. The van der Waals surface area contributed by atoms with E-state index in [1.165, 1.54) is 5.56 Å². The number of nitrogens with two attached hydrogens (primary N) is 1. The van der Waals surface area contributed by atoms with Gasteiger partial charge in [0.1, 0.15) is 0 Å². The molecule has 0 aliphatic rings. The molecule has 0 aliphatic carbocycles. The van der Waals surface area contributed by atoms with Gasteiger partial charge >= 0.3 is 0 Å². The molecule has 0 radical (unpaired) electrons. The van der Waals surface area contributed by atoms with E-state index >= 15 is 0 Å². The lowest BCUT2D eigenvalue weighted by Gasteiger charge is -2.00. The summed E-state index contributed by atoms with van der Waals surface area (Å²) in [6, 6.07) is 8.20. The van der Waals surface area contributed by atoms with Crippen molar-refractivity contribution in [1.29, 1.82) is 0 Å². The van der Waals surface area contributed by atoms with Crippen molar-refractivity contribution in [3.63, 3.8) is 0 Å². The molecule has 0 saturated heterocycles.